The van der Waals surface area contributed by atoms with Crippen molar-refractivity contribution < 1.29 is 4.79 Å². The maximum Gasteiger partial charge on any atom is 0.270 e. The summed E-state index contributed by atoms with van der Waals surface area (Å²) in [5, 5.41) is 8.85. The van der Waals surface area contributed by atoms with Crippen molar-refractivity contribution in [3.8, 4) is 0 Å². The molecule has 1 aliphatic carbocycles. The summed E-state index contributed by atoms with van der Waals surface area (Å²) in [4.78, 5) is 27.7. The molecule has 1 aliphatic rings. The van der Waals surface area contributed by atoms with E-state index in [0.29, 0.717) is 18.8 Å². The van der Waals surface area contributed by atoms with E-state index in [9.17, 15) is 9.59 Å². The van der Waals surface area contributed by atoms with Crippen molar-refractivity contribution in [3.63, 3.8) is 0 Å². The summed E-state index contributed by atoms with van der Waals surface area (Å²) >= 11 is 1.38. The largest absolute Gasteiger partial charge is 0.349 e. The van der Waals surface area contributed by atoms with Crippen LogP contribution in [0.2, 0.25) is 0 Å². The zero-order valence-electron chi connectivity index (χ0n) is 11.5. The highest BCUT2D eigenvalue weighted by Crippen LogP contribution is 2.16. The zero-order chi connectivity index (χ0) is 14.7. The van der Waals surface area contributed by atoms with E-state index in [1.165, 1.54) is 16.0 Å². The van der Waals surface area contributed by atoms with Crippen molar-refractivity contribution in [3.05, 3.63) is 44.3 Å². The SMILES string of the molecule is O=C(NCCn1nc2c(cc1=O)CCCC2)c1cscn1. The summed E-state index contributed by atoms with van der Waals surface area (Å²) in [6.07, 6.45) is 4.13. The number of nitrogens with one attached hydrogen (secondary N) is 1. The Balaban J connectivity index is 1.63. The van der Waals surface area contributed by atoms with Gasteiger partial charge < -0.3 is 5.32 Å². The third-order valence-corrected chi connectivity index (χ3v) is 4.13. The van der Waals surface area contributed by atoms with Crippen molar-refractivity contribution in [1.82, 2.24) is 20.1 Å². The van der Waals surface area contributed by atoms with Gasteiger partial charge in [-0.25, -0.2) is 9.67 Å². The summed E-state index contributed by atoms with van der Waals surface area (Å²) in [5.74, 6) is -0.220. The molecule has 1 N–H and O–H groups in total. The molecule has 1 amide bonds. The number of hydrogen-bond acceptors (Lipinski definition) is 5. The topological polar surface area (TPSA) is 76.9 Å². The highest BCUT2D eigenvalue weighted by Gasteiger charge is 2.13. The molecular weight excluding hydrogens is 288 g/mol. The molecule has 0 bridgehead atoms. The summed E-state index contributed by atoms with van der Waals surface area (Å²) in [5.41, 5.74) is 4.02. The Kier molecular flexibility index (Phi) is 4.10. The van der Waals surface area contributed by atoms with Crippen molar-refractivity contribution in [1.29, 1.82) is 0 Å². The fourth-order valence-corrected chi connectivity index (χ4v) is 2.98. The van der Waals surface area contributed by atoms with Crippen LogP contribution in [0.1, 0.15) is 34.6 Å². The Morgan fingerprint density at radius 3 is 3.05 bits per heavy atom. The van der Waals surface area contributed by atoms with Gasteiger partial charge in [0, 0.05) is 18.0 Å². The predicted octanol–water partition coefficient (Wildman–Crippen LogP) is 1.01. The first-order valence-corrected chi connectivity index (χ1v) is 7.94. The number of thiazole rings is 1. The van der Waals surface area contributed by atoms with Crippen LogP contribution < -0.4 is 10.9 Å². The normalized spacial score (nSPS) is 13.7. The van der Waals surface area contributed by atoms with Crippen molar-refractivity contribution in [2.45, 2.75) is 32.2 Å². The van der Waals surface area contributed by atoms with E-state index in [1.54, 1.807) is 17.0 Å². The summed E-state index contributed by atoms with van der Waals surface area (Å²) in [6, 6.07) is 1.68. The monoisotopic (exact) mass is 304 g/mol. The summed E-state index contributed by atoms with van der Waals surface area (Å²) in [7, 11) is 0. The van der Waals surface area contributed by atoms with Crippen LogP contribution in [0.3, 0.4) is 0 Å². The van der Waals surface area contributed by atoms with Crippen molar-refractivity contribution in [2.24, 2.45) is 0 Å². The molecule has 110 valence electrons. The number of fused-ring (bicyclic) bond motifs is 1. The number of rotatable bonds is 4. The van der Waals surface area contributed by atoms with Crippen LogP contribution in [0, 0.1) is 0 Å². The summed E-state index contributed by atoms with van der Waals surface area (Å²) < 4.78 is 1.44. The molecule has 0 fully saturated rings. The van der Waals surface area contributed by atoms with Crippen LogP contribution in [0.4, 0.5) is 0 Å². The smallest absolute Gasteiger partial charge is 0.270 e. The molecule has 0 radical (unpaired) electrons. The van der Waals surface area contributed by atoms with E-state index in [2.05, 4.69) is 15.4 Å². The molecule has 2 aromatic heterocycles. The molecule has 6 nitrogen and oxygen atoms in total. The Hall–Kier alpha value is -2.02. The number of amides is 1. The molecule has 0 unspecified atom stereocenters. The quantitative estimate of drug-likeness (QED) is 0.914. The average molecular weight is 304 g/mol. The number of aryl methyl sites for hydroxylation is 2. The molecule has 2 heterocycles. The van der Waals surface area contributed by atoms with E-state index in [1.807, 2.05) is 0 Å². The molecule has 0 spiro atoms. The van der Waals surface area contributed by atoms with Gasteiger partial charge in [-0.1, -0.05) is 0 Å². The minimum atomic E-state index is -0.220. The first-order valence-electron chi connectivity index (χ1n) is 7.00. The van der Waals surface area contributed by atoms with E-state index < -0.39 is 0 Å². The highest BCUT2D eigenvalue weighted by atomic mass is 32.1. The molecule has 0 saturated carbocycles. The number of nitrogens with zero attached hydrogens (tertiary/aromatic N) is 3. The molecule has 0 atom stereocenters. The summed E-state index contributed by atoms with van der Waals surface area (Å²) in [6.45, 7) is 0.740. The lowest BCUT2D eigenvalue weighted by Gasteiger charge is -2.15. The van der Waals surface area contributed by atoms with Gasteiger partial charge in [0.15, 0.2) is 0 Å². The van der Waals surface area contributed by atoms with Crippen molar-refractivity contribution in [2.75, 3.05) is 6.54 Å². The maximum absolute atomic E-state index is 12.0. The van der Waals surface area contributed by atoms with Crippen LogP contribution in [0.25, 0.3) is 0 Å². The second-order valence-electron chi connectivity index (χ2n) is 5.01. The second-order valence-corrected chi connectivity index (χ2v) is 5.73. The van der Waals surface area contributed by atoms with E-state index >= 15 is 0 Å². The lowest BCUT2D eigenvalue weighted by atomic mass is 9.97. The third-order valence-electron chi connectivity index (χ3n) is 3.55. The van der Waals surface area contributed by atoms with Crippen LogP contribution in [-0.4, -0.2) is 27.2 Å². The van der Waals surface area contributed by atoms with Gasteiger partial charge in [-0.3, -0.25) is 9.59 Å². The van der Waals surface area contributed by atoms with E-state index in [4.69, 9.17) is 0 Å². The van der Waals surface area contributed by atoms with Gasteiger partial charge in [-0.05, 0) is 31.2 Å². The molecule has 3 rings (SSSR count). The zero-order valence-corrected chi connectivity index (χ0v) is 12.4. The predicted molar refractivity (Wildman–Crippen MR) is 79.6 cm³/mol. The minimum absolute atomic E-state index is 0.0986. The molecule has 0 saturated heterocycles. The minimum Gasteiger partial charge on any atom is -0.349 e. The lowest BCUT2D eigenvalue weighted by molar-refractivity contribution is 0.0947. The molecule has 0 aliphatic heterocycles. The Bertz CT molecular complexity index is 693. The van der Waals surface area contributed by atoms with Crippen LogP contribution in [-0.2, 0) is 19.4 Å². The van der Waals surface area contributed by atoms with Gasteiger partial charge in [0.2, 0.25) is 0 Å². The van der Waals surface area contributed by atoms with Crippen LogP contribution in [0.5, 0.6) is 0 Å². The van der Waals surface area contributed by atoms with Gasteiger partial charge >= 0.3 is 0 Å². The number of carbonyl (C=O) groups excluding carboxylic acids is 1. The first-order chi connectivity index (χ1) is 10.2. The van der Waals surface area contributed by atoms with Gasteiger partial charge in [0.05, 0.1) is 17.7 Å². The van der Waals surface area contributed by atoms with Crippen molar-refractivity contribution >= 4 is 17.2 Å². The number of carbonyl (C=O) groups is 1. The fraction of sp³-hybridized carbons (Fsp3) is 0.429. The molecular formula is C14H16N4O2S. The third kappa shape index (κ3) is 3.18. The average Bonchev–Trinajstić information content (AvgIpc) is 3.02. The molecule has 21 heavy (non-hydrogen) atoms. The van der Waals surface area contributed by atoms with Gasteiger partial charge in [0.1, 0.15) is 5.69 Å². The molecule has 7 heteroatoms. The Morgan fingerprint density at radius 1 is 1.38 bits per heavy atom. The first kappa shape index (κ1) is 13.9. The van der Waals surface area contributed by atoms with Gasteiger partial charge in [0.25, 0.3) is 11.5 Å². The van der Waals surface area contributed by atoms with E-state index in [0.717, 1.165) is 36.9 Å². The number of aromatic nitrogens is 3. The van der Waals surface area contributed by atoms with Gasteiger partial charge in [-0.15, -0.1) is 11.3 Å². The number of hydrogen-bond donors (Lipinski definition) is 1. The van der Waals surface area contributed by atoms with Gasteiger partial charge in [-0.2, -0.15) is 5.10 Å². The van der Waals surface area contributed by atoms with Crippen LogP contribution >= 0.6 is 11.3 Å². The lowest BCUT2D eigenvalue weighted by Crippen LogP contribution is -2.33. The maximum atomic E-state index is 12.0. The fourth-order valence-electron chi connectivity index (χ4n) is 2.45. The Labute approximate surface area is 125 Å². The Morgan fingerprint density at radius 2 is 2.24 bits per heavy atom. The molecule has 2 aromatic rings. The van der Waals surface area contributed by atoms with E-state index in [-0.39, 0.29) is 11.5 Å². The second kappa shape index (κ2) is 6.17. The highest BCUT2D eigenvalue weighted by molar-refractivity contribution is 7.07. The standard InChI is InChI=1S/C14H16N4O2S/c19-13-7-10-3-1-2-4-11(10)17-18(13)6-5-15-14(20)12-8-21-9-16-12/h7-9H,1-6H2,(H,15,20). The van der Waals surface area contributed by atoms with Crippen LogP contribution in [0.15, 0.2) is 21.8 Å². The molecule has 0 aromatic carbocycles.